The van der Waals surface area contributed by atoms with Gasteiger partial charge in [-0.05, 0) is 38.8 Å². The van der Waals surface area contributed by atoms with Crippen molar-refractivity contribution in [1.29, 1.82) is 0 Å². The lowest BCUT2D eigenvalue weighted by Crippen LogP contribution is -2.43. The summed E-state index contributed by atoms with van der Waals surface area (Å²) in [6.07, 6.45) is 6.54. The smallest absolute Gasteiger partial charge is 0.235 e. The van der Waals surface area contributed by atoms with E-state index in [1.165, 1.54) is 12.8 Å². The number of hydrogen-bond acceptors (Lipinski definition) is 3. The average molecular weight is 284 g/mol. The molecule has 1 amide bonds. The molecule has 1 N–H and O–H groups in total. The molecule has 1 saturated heterocycles. The second-order valence-electron chi connectivity index (χ2n) is 5.48. The largest absolute Gasteiger partial charge is 0.303 e. The minimum absolute atomic E-state index is 0.0270. The third-order valence-electron chi connectivity index (χ3n) is 4.01. The third-order valence-corrected chi connectivity index (χ3v) is 4.84. The first-order valence-corrected chi connectivity index (χ1v) is 8.34. The molecule has 0 aromatic heterocycles. The van der Waals surface area contributed by atoms with E-state index in [9.17, 15) is 4.79 Å². The van der Waals surface area contributed by atoms with E-state index in [1.807, 2.05) is 6.08 Å². The molecular weight excluding hydrogens is 256 g/mol. The molecule has 4 heteroatoms. The standard InChI is InChI=1S/C15H28N2OS/c1-5-7-11-19-16-15(18)14(12(3)6-2)13-9-8-10-17(13)4/h6,12-14H,2,5,7-11H2,1,3-4H3,(H,16,18)/t12-,13?,14?/m0/s1. The lowest BCUT2D eigenvalue weighted by molar-refractivity contribution is -0.125. The molecule has 1 fully saturated rings. The van der Waals surface area contributed by atoms with Gasteiger partial charge >= 0.3 is 0 Å². The van der Waals surface area contributed by atoms with Crippen molar-refractivity contribution in [3.8, 4) is 0 Å². The summed E-state index contributed by atoms with van der Waals surface area (Å²) in [4.78, 5) is 14.8. The minimum atomic E-state index is 0.0270. The number of nitrogens with one attached hydrogen (secondary N) is 1. The van der Waals surface area contributed by atoms with Crippen LogP contribution in [0.5, 0.6) is 0 Å². The van der Waals surface area contributed by atoms with Crippen LogP contribution in [-0.4, -0.2) is 36.2 Å². The predicted octanol–water partition coefficient (Wildman–Crippen LogP) is 3.08. The lowest BCUT2D eigenvalue weighted by Gasteiger charge is -2.31. The summed E-state index contributed by atoms with van der Waals surface area (Å²) in [6.45, 7) is 9.23. The Morgan fingerprint density at radius 3 is 2.89 bits per heavy atom. The second-order valence-corrected chi connectivity index (χ2v) is 6.38. The summed E-state index contributed by atoms with van der Waals surface area (Å²) in [5, 5.41) is 0. The molecule has 3 nitrogen and oxygen atoms in total. The fourth-order valence-corrected chi connectivity index (χ4v) is 3.52. The molecule has 1 aliphatic heterocycles. The third kappa shape index (κ3) is 4.84. The summed E-state index contributed by atoms with van der Waals surface area (Å²) in [6, 6.07) is 0.361. The van der Waals surface area contributed by atoms with E-state index in [0.717, 1.165) is 25.1 Å². The molecule has 0 saturated carbocycles. The van der Waals surface area contributed by atoms with Crippen LogP contribution < -0.4 is 4.72 Å². The normalized spacial score (nSPS) is 23.0. The van der Waals surface area contributed by atoms with Crippen LogP contribution in [0.2, 0.25) is 0 Å². The number of nitrogens with zero attached hydrogens (tertiary/aromatic N) is 1. The van der Waals surface area contributed by atoms with Crippen molar-refractivity contribution in [3.05, 3.63) is 12.7 Å². The van der Waals surface area contributed by atoms with E-state index >= 15 is 0 Å². The zero-order valence-corrected chi connectivity index (χ0v) is 13.3. The molecule has 1 aliphatic rings. The Morgan fingerprint density at radius 2 is 2.37 bits per heavy atom. The van der Waals surface area contributed by atoms with Gasteiger partial charge in [-0.15, -0.1) is 6.58 Å². The maximum atomic E-state index is 12.4. The van der Waals surface area contributed by atoms with Crippen LogP contribution in [0, 0.1) is 11.8 Å². The van der Waals surface area contributed by atoms with Gasteiger partial charge in [-0.3, -0.25) is 9.52 Å². The zero-order chi connectivity index (χ0) is 14.3. The van der Waals surface area contributed by atoms with Crippen LogP contribution >= 0.6 is 11.9 Å². The van der Waals surface area contributed by atoms with Gasteiger partial charge in [0.2, 0.25) is 5.91 Å². The van der Waals surface area contributed by atoms with E-state index in [4.69, 9.17) is 0 Å². The topological polar surface area (TPSA) is 32.3 Å². The lowest BCUT2D eigenvalue weighted by atomic mass is 9.85. The number of carbonyl (C=O) groups is 1. The number of hydrogen-bond donors (Lipinski definition) is 1. The van der Waals surface area contributed by atoms with Crippen molar-refractivity contribution < 1.29 is 4.79 Å². The predicted molar refractivity (Wildman–Crippen MR) is 84.0 cm³/mol. The quantitative estimate of drug-likeness (QED) is 0.422. The zero-order valence-electron chi connectivity index (χ0n) is 12.5. The fraction of sp³-hybridized carbons (Fsp3) is 0.800. The van der Waals surface area contributed by atoms with Gasteiger partial charge in [0.15, 0.2) is 0 Å². The first kappa shape index (κ1) is 16.6. The van der Waals surface area contributed by atoms with Gasteiger partial charge in [-0.25, -0.2) is 0 Å². The number of carbonyl (C=O) groups excluding carboxylic acids is 1. The van der Waals surface area contributed by atoms with Gasteiger partial charge < -0.3 is 4.90 Å². The number of rotatable bonds is 8. The molecule has 19 heavy (non-hydrogen) atoms. The summed E-state index contributed by atoms with van der Waals surface area (Å²) >= 11 is 1.55. The maximum absolute atomic E-state index is 12.4. The molecule has 1 heterocycles. The molecule has 0 spiro atoms. The highest BCUT2D eigenvalue weighted by molar-refractivity contribution is 7.97. The highest BCUT2D eigenvalue weighted by Crippen LogP contribution is 2.29. The van der Waals surface area contributed by atoms with Crippen LogP contribution in [-0.2, 0) is 4.79 Å². The minimum Gasteiger partial charge on any atom is -0.303 e. The maximum Gasteiger partial charge on any atom is 0.235 e. The molecule has 0 radical (unpaired) electrons. The number of amides is 1. The van der Waals surface area contributed by atoms with Crippen LogP contribution in [0.4, 0.5) is 0 Å². The monoisotopic (exact) mass is 284 g/mol. The molecule has 0 bridgehead atoms. The van der Waals surface area contributed by atoms with Gasteiger partial charge in [-0.2, -0.15) is 0 Å². The van der Waals surface area contributed by atoms with Crippen LogP contribution in [0.25, 0.3) is 0 Å². The second kappa shape index (κ2) is 8.64. The Balaban J connectivity index is 2.57. The van der Waals surface area contributed by atoms with Gasteiger partial charge in [0.1, 0.15) is 0 Å². The van der Waals surface area contributed by atoms with Crippen LogP contribution in [0.1, 0.15) is 39.5 Å². The molecule has 0 aliphatic carbocycles. The van der Waals surface area contributed by atoms with Gasteiger partial charge in [0.25, 0.3) is 0 Å². The van der Waals surface area contributed by atoms with Crippen molar-refractivity contribution in [2.24, 2.45) is 11.8 Å². The SMILES string of the molecule is C=C[C@H](C)C(C(=O)NSCCCC)C1CCCN1C. The molecule has 2 unspecified atom stereocenters. The molecule has 3 atom stereocenters. The van der Waals surface area contributed by atoms with Crippen LogP contribution in [0.3, 0.4) is 0 Å². The Bertz CT molecular complexity index is 296. The Morgan fingerprint density at radius 1 is 1.63 bits per heavy atom. The summed E-state index contributed by atoms with van der Waals surface area (Å²) in [5.41, 5.74) is 0. The van der Waals surface area contributed by atoms with Crippen molar-refractivity contribution in [3.63, 3.8) is 0 Å². The van der Waals surface area contributed by atoms with Gasteiger partial charge in [0, 0.05) is 11.8 Å². The van der Waals surface area contributed by atoms with Crippen molar-refractivity contribution >= 4 is 17.9 Å². The van der Waals surface area contributed by atoms with E-state index in [0.29, 0.717) is 6.04 Å². The summed E-state index contributed by atoms with van der Waals surface area (Å²) < 4.78 is 3.03. The first-order chi connectivity index (χ1) is 9.11. The number of allylic oxidation sites excluding steroid dienone is 1. The average Bonchev–Trinajstić information content (AvgIpc) is 2.81. The van der Waals surface area contributed by atoms with Crippen molar-refractivity contribution in [2.45, 2.75) is 45.6 Å². The molecule has 0 aromatic carbocycles. The Labute approximate surface area is 122 Å². The molecule has 1 rings (SSSR count). The highest BCUT2D eigenvalue weighted by Gasteiger charge is 2.36. The molecular formula is C15H28N2OS. The van der Waals surface area contributed by atoms with E-state index in [-0.39, 0.29) is 17.7 Å². The number of unbranched alkanes of at least 4 members (excludes halogenated alkanes) is 1. The number of likely N-dealkylation sites (tertiary alicyclic amines) is 1. The van der Waals surface area contributed by atoms with Crippen molar-refractivity contribution in [1.82, 2.24) is 9.62 Å². The fourth-order valence-electron chi connectivity index (χ4n) is 2.71. The van der Waals surface area contributed by atoms with Crippen LogP contribution in [0.15, 0.2) is 12.7 Å². The van der Waals surface area contributed by atoms with E-state index in [2.05, 4.69) is 37.1 Å². The summed E-state index contributed by atoms with van der Waals surface area (Å²) in [5.74, 6) is 1.42. The highest BCUT2D eigenvalue weighted by atomic mass is 32.2. The Kier molecular flexibility index (Phi) is 7.54. The Hall–Kier alpha value is -0.480. The van der Waals surface area contributed by atoms with E-state index < -0.39 is 0 Å². The van der Waals surface area contributed by atoms with Gasteiger partial charge in [0.05, 0.1) is 5.92 Å². The molecule has 0 aromatic rings. The summed E-state index contributed by atoms with van der Waals surface area (Å²) in [7, 11) is 2.12. The molecule has 110 valence electrons. The van der Waals surface area contributed by atoms with Crippen molar-refractivity contribution in [2.75, 3.05) is 19.3 Å². The first-order valence-electron chi connectivity index (χ1n) is 7.36. The van der Waals surface area contributed by atoms with Gasteiger partial charge in [-0.1, -0.05) is 38.3 Å². The van der Waals surface area contributed by atoms with E-state index in [1.54, 1.807) is 11.9 Å².